The summed E-state index contributed by atoms with van der Waals surface area (Å²) in [6.07, 6.45) is 9.58. The van der Waals surface area contributed by atoms with Gasteiger partial charge >= 0.3 is 0 Å². The van der Waals surface area contributed by atoms with Crippen molar-refractivity contribution in [1.29, 1.82) is 0 Å². The van der Waals surface area contributed by atoms with Crippen LogP contribution >= 0.6 is 0 Å². The molecule has 3 rings (SSSR count). The van der Waals surface area contributed by atoms with Crippen LogP contribution in [0.4, 0.5) is 11.6 Å². The normalized spacial score (nSPS) is 18.9. The third kappa shape index (κ3) is 3.10. The molecule has 1 atom stereocenters. The molecule has 1 fully saturated rings. The summed E-state index contributed by atoms with van der Waals surface area (Å²) in [7, 11) is 2.06. The van der Waals surface area contributed by atoms with Crippen molar-refractivity contribution in [3.8, 4) is 0 Å². The zero-order chi connectivity index (χ0) is 14.7. The van der Waals surface area contributed by atoms with E-state index in [4.69, 9.17) is 9.72 Å². The van der Waals surface area contributed by atoms with Crippen LogP contribution in [0.15, 0.2) is 18.6 Å². The monoisotopic (exact) mass is 289 g/mol. The SMILES string of the molecule is CCNc1cn2ccnc2c(N(C)CC2CCCCO2)n1. The van der Waals surface area contributed by atoms with E-state index < -0.39 is 0 Å². The van der Waals surface area contributed by atoms with Crippen molar-refractivity contribution >= 4 is 17.3 Å². The van der Waals surface area contributed by atoms with Crippen LogP contribution in [0.3, 0.4) is 0 Å². The predicted octanol–water partition coefficient (Wildman–Crippen LogP) is 2.17. The highest BCUT2D eigenvalue weighted by molar-refractivity contribution is 5.66. The number of aromatic nitrogens is 3. The summed E-state index contributed by atoms with van der Waals surface area (Å²) in [5.41, 5.74) is 0.884. The minimum absolute atomic E-state index is 0.295. The summed E-state index contributed by atoms with van der Waals surface area (Å²) in [5, 5.41) is 3.27. The molecule has 1 aliphatic rings. The summed E-state index contributed by atoms with van der Waals surface area (Å²) in [6, 6.07) is 0. The van der Waals surface area contributed by atoms with E-state index in [-0.39, 0.29) is 0 Å². The summed E-state index contributed by atoms with van der Waals surface area (Å²) in [5.74, 6) is 1.77. The van der Waals surface area contributed by atoms with E-state index in [1.54, 1.807) is 6.20 Å². The van der Waals surface area contributed by atoms with E-state index in [1.807, 2.05) is 16.8 Å². The maximum atomic E-state index is 5.83. The van der Waals surface area contributed by atoms with E-state index in [9.17, 15) is 0 Å². The molecule has 21 heavy (non-hydrogen) atoms. The van der Waals surface area contributed by atoms with Crippen LogP contribution in [-0.2, 0) is 4.74 Å². The number of nitrogens with one attached hydrogen (secondary N) is 1. The first-order valence-electron chi connectivity index (χ1n) is 7.68. The molecule has 3 heterocycles. The first-order valence-corrected chi connectivity index (χ1v) is 7.68. The van der Waals surface area contributed by atoms with E-state index in [1.165, 1.54) is 12.8 Å². The fraction of sp³-hybridized carbons (Fsp3) is 0.600. The Morgan fingerprint density at radius 2 is 2.38 bits per heavy atom. The van der Waals surface area contributed by atoms with Gasteiger partial charge < -0.3 is 19.4 Å². The molecule has 0 aliphatic carbocycles. The lowest BCUT2D eigenvalue weighted by Gasteiger charge is -2.28. The second-order valence-corrected chi connectivity index (χ2v) is 5.51. The zero-order valence-electron chi connectivity index (χ0n) is 12.7. The number of fused-ring (bicyclic) bond motifs is 1. The summed E-state index contributed by atoms with van der Waals surface area (Å²) >= 11 is 0. The standard InChI is InChI=1S/C15H23N5O/c1-3-16-13-11-20-8-7-17-14(20)15(18-13)19(2)10-12-6-4-5-9-21-12/h7-8,11-12,16H,3-6,9-10H2,1-2H3. The van der Waals surface area contributed by atoms with E-state index in [0.717, 1.165) is 43.4 Å². The number of nitrogens with zero attached hydrogens (tertiary/aromatic N) is 4. The van der Waals surface area contributed by atoms with Crippen molar-refractivity contribution < 1.29 is 4.74 Å². The molecule has 0 bridgehead atoms. The van der Waals surface area contributed by atoms with Crippen molar-refractivity contribution in [3.05, 3.63) is 18.6 Å². The maximum Gasteiger partial charge on any atom is 0.180 e. The summed E-state index contributed by atoms with van der Waals surface area (Å²) < 4.78 is 7.84. The van der Waals surface area contributed by atoms with Gasteiger partial charge in [0.1, 0.15) is 5.82 Å². The Kier molecular flexibility index (Phi) is 4.24. The van der Waals surface area contributed by atoms with Gasteiger partial charge in [-0.25, -0.2) is 9.97 Å². The van der Waals surface area contributed by atoms with E-state index >= 15 is 0 Å². The van der Waals surface area contributed by atoms with Crippen LogP contribution in [0.5, 0.6) is 0 Å². The van der Waals surface area contributed by atoms with Gasteiger partial charge in [-0.15, -0.1) is 0 Å². The van der Waals surface area contributed by atoms with Crippen molar-refractivity contribution in [2.45, 2.75) is 32.3 Å². The minimum Gasteiger partial charge on any atom is -0.376 e. The molecule has 0 radical (unpaired) electrons. The Morgan fingerprint density at radius 1 is 1.48 bits per heavy atom. The van der Waals surface area contributed by atoms with Gasteiger partial charge in [0.15, 0.2) is 11.5 Å². The van der Waals surface area contributed by atoms with Crippen molar-refractivity contribution in [3.63, 3.8) is 0 Å². The zero-order valence-corrected chi connectivity index (χ0v) is 12.7. The number of rotatable bonds is 5. The predicted molar refractivity (Wildman–Crippen MR) is 84.0 cm³/mol. The number of ether oxygens (including phenoxy) is 1. The van der Waals surface area contributed by atoms with Gasteiger partial charge in [-0.1, -0.05) is 0 Å². The Morgan fingerprint density at radius 3 is 3.14 bits per heavy atom. The van der Waals surface area contributed by atoms with Crippen LogP contribution in [-0.4, -0.2) is 47.2 Å². The molecule has 2 aromatic rings. The molecular weight excluding hydrogens is 266 g/mol. The van der Waals surface area contributed by atoms with Crippen molar-refractivity contribution in [1.82, 2.24) is 14.4 Å². The Labute approximate surface area is 125 Å². The molecule has 1 unspecified atom stereocenters. The molecule has 1 aliphatic heterocycles. The first kappa shape index (κ1) is 14.1. The van der Waals surface area contributed by atoms with Crippen molar-refractivity contribution in [2.24, 2.45) is 0 Å². The van der Waals surface area contributed by atoms with Gasteiger partial charge in [0, 0.05) is 39.1 Å². The average molecular weight is 289 g/mol. The number of imidazole rings is 1. The smallest absolute Gasteiger partial charge is 0.180 e. The number of hydrogen-bond donors (Lipinski definition) is 1. The largest absolute Gasteiger partial charge is 0.376 e. The lowest BCUT2D eigenvalue weighted by atomic mass is 10.1. The maximum absolute atomic E-state index is 5.83. The van der Waals surface area contributed by atoms with Crippen LogP contribution in [0.1, 0.15) is 26.2 Å². The van der Waals surface area contributed by atoms with Crippen LogP contribution < -0.4 is 10.2 Å². The summed E-state index contributed by atoms with van der Waals surface area (Å²) in [6.45, 7) is 4.65. The Balaban J connectivity index is 1.84. The van der Waals surface area contributed by atoms with Crippen LogP contribution in [0.2, 0.25) is 0 Å². The molecule has 1 saturated heterocycles. The quantitative estimate of drug-likeness (QED) is 0.914. The number of anilines is 2. The minimum atomic E-state index is 0.295. The number of hydrogen-bond acceptors (Lipinski definition) is 5. The lowest BCUT2D eigenvalue weighted by Crippen LogP contribution is -2.34. The molecule has 114 valence electrons. The lowest BCUT2D eigenvalue weighted by molar-refractivity contribution is 0.0215. The molecule has 6 nitrogen and oxygen atoms in total. The van der Waals surface area contributed by atoms with Gasteiger partial charge in [0.2, 0.25) is 0 Å². The fourth-order valence-electron chi connectivity index (χ4n) is 2.78. The van der Waals surface area contributed by atoms with Gasteiger partial charge in [0.05, 0.1) is 12.3 Å². The van der Waals surface area contributed by atoms with Gasteiger partial charge in [-0.2, -0.15) is 0 Å². The third-order valence-electron chi connectivity index (χ3n) is 3.83. The van der Waals surface area contributed by atoms with Gasteiger partial charge in [0.25, 0.3) is 0 Å². The van der Waals surface area contributed by atoms with Gasteiger partial charge in [-0.05, 0) is 26.2 Å². The molecule has 6 heteroatoms. The molecule has 2 aromatic heterocycles. The molecule has 0 spiro atoms. The van der Waals surface area contributed by atoms with Gasteiger partial charge in [-0.3, -0.25) is 0 Å². The highest BCUT2D eigenvalue weighted by Gasteiger charge is 2.19. The van der Waals surface area contributed by atoms with Crippen molar-refractivity contribution in [2.75, 3.05) is 37.0 Å². The highest BCUT2D eigenvalue weighted by atomic mass is 16.5. The average Bonchev–Trinajstić information content (AvgIpc) is 2.96. The Bertz CT molecular complexity index is 591. The van der Waals surface area contributed by atoms with E-state index in [2.05, 4.69) is 29.2 Å². The van der Waals surface area contributed by atoms with E-state index in [0.29, 0.717) is 6.10 Å². The van der Waals surface area contributed by atoms with Crippen LogP contribution in [0.25, 0.3) is 5.65 Å². The molecule has 0 aromatic carbocycles. The molecule has 0 amide bonds. The Hall–Kier alpha value is -1.82. The molecule has 1 N–H and O–H groups in total. The molecule has 0 saturated carbocycles. The second-order valence-electron chi connectivity index (χ2n) is 5.51. The number of likely N-dealkylation sites (N-methyl/N-ethyl adjacent to an activating group) is 1. The second kappa shape index (κ2) is 6.30. The topological polar surface area (TPSA) is 54.7 Å². The first-order chi connectivity index (χ1) is 10.3. The fourth-order valence-corrected chi connectivity index (χ4v) is 2.78. The van der Waals surface area contributed by atoms with Crippen LogP contribution in [0, 0.1) is 0 Å². The highest BCUT2D eigenvalue weighted by Crippen LogP contribution is 2.22. The third-order valence-corrected chi connectivity index (χ3v) is 3.83. The molecular formula is C15H23N5O. The summed E-state index contributed by atoms with van der Waals surface area (Å²) in [4.78, 5) is 11.3.